The number of phenols is 1. The fourth-order valence-corrected chi connectivity index (χ4v) is 5.86. The number of nitrogens with one attached hydrogen (secondary N) is 5. The van der Waals surface area contributed by atoms with Gasteiger partial charge in [0.05, 0.1) is 25.6 Å². The van der Waals surface area contributed by atoms with Gasteiger partial charge in [-0.15, -0.1) is 0 Å². The maximum Gasteiger partial charge on any atom is 0.326 e. The molecule has 6 unspecified atom stereocenters. The zero-order chi connectivity index (χ0) is 41.8. The van der Waals surface area contributed by atoms with E-state index in [1.54, 1.807) is 0 Å². The lowest BCUT2D eigenvalue weighted by Crippen LogP contribution is -2.59. The minimum absolute atomic E-state index is 0.0195. The summed E-state index contributed by atoms with van der Waals surface area (Å²) in [5.74, 6) is -8.04. The van der Waals surface area contributed by atoms with Crippen LogP contribution in [0.15, 0.2) is 24.3 Å². The molecule has 0 spiro atoms. The summed E-state index contributed by atoms with van der Waals surface area (Å²) >= 11 is 0. The molecule has 0 aromatic heterocycles. The van der Waals surface area contributed by atoms with E-state index in [1.807, 2.05) is 0 Å². The Morgan fingerprint density at radius 3 is 1.93 bits per heavy atom. The number of aliphatic hydroxyl groups excluding tert-OH is 1. The molecule has 0 saturated carbocycles. The SMILES string of the molecule is NCCCCC(N)C(=O)NC(CCCCN)C(=O)NC(CC(=O)O)C(=O)NC(CO)C(=O)NCC(=O)N1CCCC1C(=O)NC(Cc1ccc(O)cc1)C(=O)O. The normalized spacial score (nSPS) is 16.4. The van der Waals surface area contributed by atoms with Gasteiger partial charge in [-0.25, -0.2) is 4.79 Å². The number of likely N-dealkylation sites (tertiary alicyclic amines) is 1. The third kappa shape index (κ3) is 15.8. The first kappa shape index (κ1) is 46.8. The molecule has 56 heavy (non-hydrogen) atoms. The molecular formula is C35H55N9O12. The Balaban J connectivity index is 2.04. The first-order valence-corrected chi connectivity index (χ1v) is 18.4. The van der Waals surface area contributed by atoms with Crippen molar-refractivity contribution in [3.8, 4) is 5.75 Å². The highest BCUT2D eigenvalue weighted by atomic mass is 16.4. The van der Waals surface area contributed by atoms with Crippen LogP contribution >= 0.6 is 0 Å². The van der Waals surface area contributed by atoms with E-state index in [0.29, 0.717) is 57.2 Å². The minimum atomic E-state index is -1.76. The maximum absolute atomic E-state index is 13.3. The number of carbonyl (C=O) groups is 8. The fourth-order valence-electron chi connectivity index (χ4n) is 5.86. The number of aliphatic carboxylic acids is 2. The molecule has 21 nitrogen and oxygen atoms in total. The van der Waals surface area contributed by atoms with Crippen molar-refractivity contribution in [1.82, 2.24) is 31.5 Å². The van der Waals surface area contributed by atoms with E-state index in [2.05, 4.69) is 26.6 Å². The van der Waals surface area contributed by atoms with Gasteiger partial charge < -0.3 is 69.1 Å². The van der Waals surface area contributed by atoms with Crippen molar-refractivity contribution >= 4 is 47.4 Å². The standard InChI is InChI=1S/C35H55N9O12/c36-13-3-1-6-22(38)30(50)40-23(7-2-4-14-37)32(52)41-24(17-29(48)49)33(53)43-26(19-45)31(51)39-18-28(47)44-15-5-8-27(44)34(54)42-25(35(55)56)16-20-9-11-21(46)12-10-20/h9-12,22-27,45-46H,1-8,13-19,36-38H2,(H,39,51)(H,40,50)(H,41,52)(H,42,54)(H,43,53)(H,48,49)(H,55,56). The molecule has 1 saturated heterocycles. The van der Waals surface area contributed by atoms with Crippen molar-refractivity contribution in [1.29, 1.82) is 0 Å². The summed E-state index contributed by atoms with van der Waals surface area (Å²) in [6.07, 6.45) is 2.05. The summed E-state index contributed by atoms with van der Waals surface area (Å²) in [7, 11) is 0. The molecule has 1 aromatic rings. The maximum atomic E-state index is 13.3. The number of carboxylic acid groups (broad SMARTS) is 2. The largest absolute Gasteiger partial charge is 0.508 e. The van der Waals surface area contributed by atoms with Crippen LogP contribution in [0.5, 0.6) is 5.75 Å². The van der Waals surface area contributed by atoms with Gasteiger partial charge in [-0.1, -0.05) is 18.6 Å². The number of rotatable bonds is 25. The Morgan fingerprint density at radius 1 is 0.750 bits per heavy atom. The van der Waals surface area contributed by atoms with Gasteiger partial charge in [-0.3, -0.25) is 33.6 Å². The number of carbonyl (C=O) groups excluding carboxylic acids is 6. The van der Waals surface area contributed by atoms with E-state index >= 15 is 0 Å². The number of unbranched alkanes of at least 4 members (excludes halogenated alkanes) is 2. The van der Waals surface area contributed by atoms with E-state index in [1.165, 1.54) is 24.3 Å². The summed E-state index contributed by atoms with van der Waals surface area (Å²) in [6.45, 7) is -0.854. The molecule has 1 aromatic carbocycles. The number of aliphatic hydroxyl groups is 1. The lowest BCUT2D eigenvalue weighted by atomic mass is 10.0. The van der Waals surface area contributed by atoms with Gasteiger partial charge in [-0.05, 0) is 75.7 Å². The number of carboxylic acids is 2. The summed E-state index contributed by atoms with van der Waals surface area (Å²) in [5, 5.41) is 50.2. The van der Waals surface area contributed by atoms with Gasteiger partial charge in [0.15, 0.2) is 0 Å². The highest BCUT2D eigenvalue weighted by molar-refractivity contribution is 5.97. The molecule has 1 fully saturated rings. The van der Waals surface area contributed by atoms with Gasteiger partial charge in [0.1, 0.15) is 36.0 Å². The predicted molar refractivity (Wildman–Crippen MR) is 198 cm³/mol. The van der Waals surface area contributed by atoms with Crippen molar-refractivity contribution in [2.45, 2.75) is 100 Å². The molecule has 2 rings (SSSR count). The van der Waals surface area contributed by atoms with Crippen molar-refractivity contribution in [2.75, 3.05) is 32.8 Å². The van der Waals surface area contributed by atoms with Gasteiger partial charge in [0.2, 0.25) is 35.4 Å². The van der Waals surface area contributed by atoms with E-state index in [0.717, 1.165) is 4.90 Å². The van der Waals surface area contributed by atoms with Gasteiger partial charge in [-0.2, -0.15) is 0 Å². The molecule has 1 heterocycles. The number of benzene rings is 1. The number of hydrogen-bond acceptors (Lipinski definition) is 13. The number of aromatic hydroxyl groups is 1. The van der Waals surface area contributed by atoms with E-state index in [4.69, 9.17) is 17.2 Å². The summed E-state index contributed by atoms with van der Waals surface area (Å²) in [4.78, 5) is 103. The third-order valence-electron chi connectivity index (χ3n) is 8.99. The van der Waals surface area contributed by atoms with Crippen LogP contribution in [-0.2, 0) is 44.8 Å². The first-order valence-electron chi connectivity index (χ1n) is 18.4. The second-order valence-corrected chi connectivity index (χ2v) is 13.4. The average molecular weight is 794 g/mol. The average Bonchev–Trinajstić information content (AvgIpc) is 3.66. The van der Waals surface area contributed by atoms with E-state index in [-0.39, 0.29) is 31.6 Å². The first-order chi connectivity index (χ1) is 26.6. The molecule has 1 aliphatic rings. The molecule has 0 bridgehead atoms. The Kier molecular flexibility index (Phi) is 20.2. The lowest BCUT2D eigenvalue weighted by molar-refractivity contribution is -0.144. The zero-order valence-corrected chi connectivity index (χ0v) is 31.1. The number of hydrogen-bond donors (Lipinski definition) is 12. The Bertz CT molecular complexity index is 1510. The monoisotopic (exact) mass is 793 g/mol. The van der Waals surface area contributed by atoms with Crippen molar-refractivity contribution in [2.24, 2.45) is 17.2 Å². The summed E-state index contributed by atoms with van der Waals surface area (Å²) < 4.78 is 0. The molecule has 312 valence electrons. The Hall–Kier alpha value is -5.38. The topological polar surface area (TPSA) is 359 Å². The summed E-state index contributed by atoms with van der Waals surface area (Å²) in [5.41, 5.74) is 17.5. The minimum Gasteiger partial charge on any atom is -0.508 e. The van der Waals surface area contributed by atoms with Gasteiger partial charge >= 0.3 is 11.9 Å². The van der Waals surface area contributed by atoms with E-state index in [9.17, 15) is 58.8 Å². The highest BCUT2D eigenvalue weighted by Gasteiger charge is 2.37. The fraction of sp³-hybridized carbons (Fsp3) is 0.600. The predicted octanol–water partition coefficient (Wildman–Crippen LogP) is -3.88. The number of amides is 6. The molecule has 0 aliphatic carbocycles. The van der Waals surface area contributed by atoms with E-state index < -0.39 is 103 Å². The quantitative estimate of drug-likeness (QED) is 0.0421. The molecule has 6 amide bonds. The van der Waals surface area contributed by atoms with Crippen LogP contribution in [0, 0.1) is 0 Å². The molecular weight excluding hydrogens is 738 g/mol. The molecule has 21 heteroatoms. The lowest BCUT2D eigenvalue weighted by Gasteiger charge is -2.26. The number of phenolic OH excluding ortho intramolecular Hbond substituents is 1. The molecule has 6 atom stereocenters. The molecule has 0 radical (unpaired) electrons. The Labute approximate surface area is 323 Å². The van der Waals surface area contributed by atoms with Crippen molar-refractivity contribution < 1.29 is 58.8 Å². The second kappa shape index (κ2) is 24.2. The van der Waals surface area contributed by atoms with Crippen LogP contribution in [0.4, 0.5) is 0 Å². The third-order valence-corrected chi connectivity index (χ3v) is 8.99. The molecule has 1 aliphatic heterocycles. The van der Waals surface area contributed by atoms with Crippen molar-refractivity contribution in [3.63, 3.8) is 0 Å². The smallest absolute Gasteiger partial charge is 0.326 e. The van der Waals surface area contributed by atoms with Crippen LogP contribution in [-0.4, -0.2) is 142 Å². The van der Waals surface area contributed by atoms with Gasteiger partial charge in [0.25, 0.3) is 0 Å². The van der Waals surface area contributed by atoms with Crippen LogP contribution in [0.25, 0.3) is 0 Å². The second-order valence-electron chi connectivity index (χ2n) is 13.4. The number of nitrogens with two attached hydrogens (primary N) is 3. The highest BCUT2D eigenvalue weighted by Crippen LogP contribution is 2.18. The van der Waals surface area contributed by atoms with Crippen LogP contribution < -0.4 is 43.8 Å². The zero-order valence-electron chi connectivity index (χ0n) is 31.1. The Morgan fingerprint density at radius 2 is 1.34 bits per heavy atom. The van der Waals surface area contributed by atoms with Crippen molar-refractivity contribution in [3.05, 3.63) is 29.8 Å². The summed E-state index contributed by atoms with van der Waals surface area (Å²) in [6, 6.07) is -2.28. The van der Waals surface area contributed by atoms with Crippen LogP contribution in [0.2, 0.25) is 0 Å². The number of nitrogens with zero attached hydrogens (tertiary/aromatic N) is 1. The van der Waals surface area contributed by atoms with Gasteiger partial charge in [0, 0.05) is 13.0 Å². The van der Waals surface area contributed by atoms with Crippen LogP contribution in [0.1, 0.15) is 63.4 Å². The molecule has 15 N–H and O–H groups in total. The van der Waals surface area contributed by atoms with Crippen LogP contribution in [0.3, 0.4) is 0 Å².